The minimum absolute atomic E-state index is 0.103. The second kappa shape index (κ2) is 8.49. The van der Waals surface area contributed by atoms with E-state index in [1.807, 2.05) is 25.1 Å². The highest BCUT2D eigenvalue weighted by Gasteiger charge is 2.05. The number of ether oxygens (including phenoxy) is 1. The second-order valence-corrected chi connectivity index (χ2v) is 6.23. The summed E-state index contributed by atoms with van der Waals surface area (Å²) >= 11 is 3.45. The SMILES string of the molecule is Cc1ccc(OCCCC(=O)Nc2ccc(C(N)=O)cc2)c(Br)c1. The normalized spacial score (nSPS) is 10.2. The number of nitrogens with two attached hydrogens (primary N) is 1. The molecule has 0 radical (unpaired) electrons. The third kappa shape index (κ3) is 5.38. The number of aryl methyl sites for hydroxylation is 1. The Morgan fingerprint density at radius 1 is 1.17 bits per heavy atom. The Hall–Kier alpha value is -2.34. The first-order valence-corrected chi connectivity index (χ1v) is 8.33. The molecule has 0 aliphatic carbocycles. The molecule has 2 aromatic carbocycles. The van der Waals surface area contributed by atoms with Crippen LogP contribution in [0.1, 0.15) is 28.8 Å². The summed E-state index contributed by atoms with van der Waals surface area (Å²) in [4.78, 5) is 22.9. The van der Waals surface area contributed by atoms with E-state index in [0.29, 0.717) is 30.7 Å². The molecular weight excluding hydrogens is 372 g/mol. The summed E-state index contributed by atoms with van der Waals surface area (Å²) in [7, 11) is 0. The van der Waals surface area contributed by atoms with Crippen LogP contribution in [0.5, 0.6) is 5.75 Å². The van der Waals surface area contributed by atoms with Gasteiger partial charge in [0.05, 0.1) is 11.1 Å². The third-order valence-electron chi connectivity index (χ3n) is 3.35. The maximum atomic E-state index is 11.9. The van der Waals surface area contributed by atoms with Crippen LogP contribution in [0.2, 0.25) is 0 Å². The van der Waals surface area contributed by atoms with Crippen molar-refractivity contribution in [3.05, 3.63) is 58.1 Å². The zero-order chi connectivity index (χ0) is 17.5. The first-order chi connectivity index (χ1) is 11.5. The molecule has 0 aliphatic rings. The third-order valence-corrected chi connectivity index (χ3v) is 3.97. The molecule has 0 fully saturated rings. The summed E-state index contributed by atoms with van der Waals surface area (Å²) < 4.78 is 6.56. The maximum absolute atomic E-state index is 11.9. The van der Waals surface area contributed by atoms with Gasteiger partial charge in [-0.15, -0.1) is 0 Å². The molecule has 2 rings (SSSR count). The van der Waals surface area contributed by atoms with Crippen molar-refractivity contribution in [2.45, 2.75) is 19.8 Å². The van der Waals surface area contributed by atoms with Crippen LogP contribution in [0.4, 0.5) is 5.69 Å². The molecule has 0 heterocycles. The Morgan fingerprint density at radius 3 is 2.50 bits per heavy atom. The van der Waals surface area contributed by atoms with E-state index < -0.39 is 5.91 Å². The van der Waals surface area contributed by atoms with Crippen LogP contribution >= 0.6 is 15.9 Å². The van der Waals surface area contributed by atoms with Gasteiger partial charge in [0, 0.05) is 17.7 Å². The van der Waals surface area contributed by atoms with Crippen LogP contribution in [0.3, 0.4) is 0 Å². The Balaban J connectivity index is 1.74. The number of primary amides is 1. The number of rotatable bonds is 7. The van der Waals surface area contributed by atoms with Gasteiger partial charge in [-0.25, -0.2) is 0 Å². The molecule has 2 aromatic rings. The number of benzene rings is 2. The fraction of sp³-hybridized carbons (Fsp3) is 0.222. The van der Waals surface area contributed by atoms with Gasteiger partial charge in [-0.2, -0.15) is 0 Å². The van der Waals surface area contributed by atoms with Gasteiger partial charge < -0.3 is 15.8 Å². The first kappa shape index (κ1) is 18.0. The summed E-state index contributed by atoms with van der Waals surface area (Å²) in [5, 5.41) is 2.77. The Kier molecular flexibility index (Phi) is 6.37. The maximum Gasteiger partial charge on any atom is 0.248 e. The zero-order valence-corrected chi connectivity index (χ0v) is 14.9. The van der Waals surface area contributed by atoms with E-state index in [1.54, 1.807) is 24.3 Å². The summed E-state index contributed by atoms with van der Waals surface area (Å²) in [6.45, 7) is 2.46. The highest BCUT2D eigenvalue weighted by molar-refractivity contribution is 9.10. The van der Waals surface area contributed by atoms with Crippen molar-refractivity contribution in [1.29, 1.82) is 0 Å². The summed E-state index contributed by atoms with van der Waals surface area (Å²) in [6.07, 6.45) is 0.951. The summed E-state index contributed by atoms with van der Waals surface area (Å²) in [5.41, 5.74) is 7.36. The van der Waals surface area contributed by atoms with Gasteiger partial charge in [0.25, 0.3) is 0 Å². The molecule has 0 atom stereocenters. The molecular formula is C18H19BrN2O3. The van der Waals surface area contributed by atoms with Crippen molar-refractivity contribution >= 4 is 33.4 Å². The summed E-state index contributed by atoms with van der Waals surface area (Å²) in [6, 6.07) is 12.3. The molecule has 0 unspecified atom stereocenters. The predicted molar refractivity (Wildman–Crippen MR) is 97.2 cm³/mol. The number of carbonyl (C=O) groups excluding carboxylic acids is 2. The fourth-order valence-electron chi connectivity index (χ4n) is 2.08. The lowest BCUT2D eigenvalue weighted by atomic mass is 10.2. The average Bonchev–Trinajstić information content (AvgIpc) is 2.53. The van der Waals surface area contributed by atoms with E-state index in [9.17, 15) is 9.59 Å². The van der Waals surface area contributed by atoms with Crippen LogP contribution in [0.25, 0.3) is 0 Å². The minimum Gasteiger partial charge on any atom is -0.492 e. The van der Waals surface area contributed by atoms with Gasteiger partial charge >= 0.3 is 0 Å². The van der Waals surface area contributed by atoms with E-state index >= 15 is 0 Å². The molecule has 5 nitrogen and oxygen atoms in total. The van der Waals surface area contributed by atoms with Crippen LogP contribution in [0.15, 0.2) is 46.9 Å². The fourth-order valence-corrected chi connectivity index (χ4v) is 2.69. The standard InChI is InChI=1S/C18H19BrN2O3/c1-12-4-9-16(15(19)11-12)24-10-2-3-17(22)21-14-7-5-13(6-8-14)18(20)23/h4-9,11H,2-3,10H2,1H3,(H2,20,23)(H,21,22). The van der Waals surface area contributed by atoms with Crippen LogP contribution in [-0.2, 0) is 4.79 Å². The van der Waals surface area contributed by atoms with Crippen molar-refractivity contribution < 1.29 is 14.3 Å². The molecule has 24 heavy (non-hydrogen) atoms. The molecule has 0 aliphatic heterocycles. The highest BCUT2D eigenvalue weighted by atomic mass is 79.9. The lowest BCUT2D eigenvalue weighted by molar-refractivity contribution is -0.116. The Morgan fingerprint density at radius 2 is 1.88 bits per heavy atom. The number of hydrogen-bond donors (Lipinski definition) is 2. The number of anilines is 1. The van der Waals surface area contributed by atoms with Crippen molar-refractivity contribution in [2.24, 2.45) is 5.73 Å². The molecule has 0 aromatic heterocycles. The lowest BCUT2D eigenvalue weighted by Gasteiger charge is -2.09. The van der Waals surface area contributed by atoms with Gasteiger partial charge in [0.1, 0.15) is 5.75 Å². The minimum atomic E-state index is -0.493. The quantitative estimate of drug-likeness (QED) is 0.707. The number of nitrogens with one attached hydrogen (secondary N) is 1. The van der Waals surface area contributed by atoms with Gasteiger partial charge in [-0.05, 0) is 71.2 Å². The molecule has 2 amide bonds. The average molecular weight is 391 g/mol. The largest absolute Gasteiger partial charge is 0.492 e. The van der Waals surface area contributed by atoms with E-state index in [0.717, 1.165) is 15.8 Å². The van der Waals surface area contributed by atoms with E-state index in [2.05, 4.69) is 21.2 Å². The van der Waals surface area contributed by atoms with Crippen molar-refractivity contribution in [1.82, 2.24) is 0 Å². The molecule has 6 heteroatoms. The molecule has 0 spiro atoms. The van der Waals surface area contributed by atoms with Gasteiger partial charge in [0.15, 0.2) is 0 Å². The topological polar surface area (TPSA) is 81.4 Å². The molecule has 126 valence electrons. The van der Waals surface area contributed by atoms with Crippen molar-refractivity contribution in [3.63, 3.8) is 0 Å². The van der Waals surface area contributed by atoms with Crippen LogP contribution in [-0.4, -0.2) is 18.4 Å². The van der Waals surface area contributed by atoms with Crippen LogP contribution < -0.4 is 15.8 Å². The molecule has 0 saturated carbocycles. The zero-order valence-electron chi connectivity index (χ0n) is 13.3. The van der Waals surface area contributed by atoms with Gasteiger partial charge in [0.2, 0.25) is 11.8 Å². The number of amides is 2. The monoisotopic (exact) mass is 390 g/mol. The van der Waals surface area contributed by atoms with Gasteiger partial charge in [-0.1, -0.05) is 6.07 Å². The Labute approximate surface area is 149 Å². The number of hydrogen-bond acceptors (Lipinski definition) is 3. The molecule has 3 N–H and O–H groups in total. The van der Waals surface area contributed by atoms with Crippen molar-refractivity contribution in [2.75, 3.05) is 11.9 Å². The van der Waals surface area contributed by atoms with Crippen molar-refractivity contribution in [3.8, 4) is 5.75 Å². The lowest BCUT2D eigenvalue weighted by Crippen LogP contribution is -2.14. The van der Waals surface area contributed by atoms with E-state index in [-0.39, 0.29) is 5.91 Å². The first-order valence-electron chi connectivity index (χ1n) is 7.54. The van der Waals surface area contributed by atoms with Crippen LogP contribution in [0, 0.1) is 6.92 Å². The van der Waals surface area contributed by atoms with Gasteiger partial charge in [-0.3, -0.25) is 9.59 Å². The number of carbonyl (C=O) groups is 2. The van der Waals surface area contributed by atoms with E-state index in [4.69, 9.17) is 10.5 Å². The number of halogens is 1. The Bertz CT molecular complexity index is 730. The molecule has 0 bridgehead atoms. The predicted octanol–water partition coefficient (Wildman–Crippen LogP) is 3.65. The summed E-state index contributed by atoms with van der Waals surface area (Å²) in [5.74, 6) is 0.170. The second-order valence-electron chi connectivity index (χ2n) is 5.38. The van der Waals surface area contributed by atoms with E-state index in [1.165, 1.54) is 0 Å². The smallest absolute Gasteiger partial charge is 0.248 e. The molecule has 0 saturated heterocycles. The highest BCUT2D eigenvalue weighted by Crippen LogP contribution is 2.25.